The van der Waals surface area contributed by atoms with Crippen LogP contribution in [0.2, 0.25) is 18.1 Å². The van der Waals surface area contributed by atoms with Crippen molar-refractivity contribution in [2.75, 3.05) is 12.3 Å². The van der Waals surface area contributed by atoms with Gasteiger partial charge in [-0.3, -0.25) is 4.57 Å². The summed E-state index contributed by atoms with van der Waals surface area (Å²) < 4.78 is 28.5. The molecule has 1 aliphatic carbocycles. The van der Waals surface area contributed by atoms with Crippen molar-refractivity contribution >= 4 is 54.2 Å². The summed E-state index contributed by atoms with van der Waals surface area (Å²) in [5.41, 5.74) is 5.93. The van der Waals surface area contributed by atoms with Crippen molar-refractivity contribution in [3.05, 3.63) is 24.8 Å². The van der Waals surface area contributed by atoms with Crippen molar-refractivity contribution in [1.29, 1.82) is 0 Å². The van der Waals surface area contributed by atoms with Gasteiger partial charge in [0.2, 0.25) is 5.69 Å². The number of nitrogens with zero attached hydrogens (tertiary/aromatic N) is 4. The molecule has 39 heavy (non-hydrogen) atoms. The van der Waals surface area contributed by atoms with E-state index in [0.717, 1.165) is 19.3 Å². The standard InChI is InChI=1S/C26H42N5O4PS2Si/c1-16(2)17-9-10-26(6)20(11-17)34-36(37,38-26)32-13-19-18(35-39(7,8)25(3,4)5)12-21(33-19)31-15-30-22-23(27)28-14-29-24(22)31/h14-15,17-21H,1,9-13H2,2-8H3,(H2,27,28,29)/t17-,18+,19-,20+,21-,26+,36?/m1/s1. The topological polar surface area (TPSA) is 107 Å². The predicted molar refractivity (Wildman–Crippen MR) is 164 cm³/mol. The molecule has 0 spiro atoms. The molecule has 3 fully saturated rings. The molecule has 7 atom stereocenters. The lowest BCUT2D eigenvalue weighted by molar-refractivity contribution is -0.0367. The Morgan fingerprint density at radius 3 is 2.77 bits per heavy atom. The van der Waals surface area contributed by atoms with Crippen molar-refractivity contribution in [2.24, 2.45) is 5.92 Å². The van der Waals surface area contributed by atoms with E-state index in [1.165, 1.54) is 11.9 Å². The van der Waals surface area contributed by atoms with E-state index in [2.05, 4.69) is 69.2 Å². The summed E-state index contributed by atoms with van der Waals surface area (Å²) in [5, 5.41) is 0.0562. The minimum absolute atomic E-state index is 0.0209. The summed E-state index contributed by atoms with van der Waals surface area (Å²) in [6.45, 7) is 20.2. The third-order valence-electron chi connectivity index (χ3n) is 8.97. The molecule has 0 amide bonds. The normalized spacial score (nSPS) is 35.4. The molecular weight excluding hydrogens is 570 g/mol. The van der Waals surface area contributed by atoms with Gasteiger partial charge in [-0.1, -0.05) is 44.3 Å². The number of hydrogen-bond donors (Lipinski definition) is 1. The van der Waals surface area contributed by atoms with Gasteiger partial charge >= 0.3 is 0 Å². The van der Waals surface area contributed by atoms with Crippen LogP contribution in [0.3, 0.4) is 0 Å². The molecule has 5 rings (SSSR count). The molecule has 2 aromatic rings. The first-order valence-corrected chi connectivity index (χ1v) is 20.6. The van der Waals surface area contributed by atoms with Crippen LogP contribution < -0.4 is 5.73 Å². The van der Waals surface area contributed by atoms with Gasteiger partial charge in [-0.15, -0.1) is 0 Å². The van der Waals surface area contributed by atoms with Crippen LogP contribution in [-0.4, -0.2) is 57.5 Å². The van der Waals surface area contributed by atoms with Gasteiger partial charge in [0.25, 0.3) is 0 Å². The number of nitrogen functional groups attached to an aromatic ring is 1. The van der Waals surface area contributed by atoms with E-state index in [-0.39, 0.29) is 34.3 Å². The van der Waals surface area contributed by atoms with Crippen LogP contribution >= 0.6 is 17.1 Å². The molecule has 0 aromatic carbocycles. The summed E-state index contributed by atoms with van der Waals surface area (Å²) in [6.07, 6.45) is 6.25. The number of hydrogen-bond acceptors (Lipinski definition) is 10. The zero-order chi connectivity index (χ0) is 28.4. The van der Waals surface area contributed by atoms with Gasteiger partial charge in [0, 0.05) is 11.2 Å². The Labute approximate surface area is 242 Å². The monoisotopic (exact) mass is 611 g/mol. The zero-order valence-corrected chi connectivity index (χ0v) is 27.6. The van der Waals surface area contributed by atoms with Crippen molar-refractivity contribution < 1.29 is 18.2 Å². The second-order valence-electron chi connectivity index (χ2n) is 12.9. The molecule has 0 radical (unpaired) electrons. The van der Waals surface area contributed by atoms with E-state index >= 15 is 0 Å². The highest BCUT2D eigenvalue weighted by Crippen LogP contribution is 2.75. The molecule has 1 saturated carbocycles. The molecule has 2 aliphatic heterocycles. The Balaban J connectivity index is 1.34. The van der Waals surface area contributed by atoms with Crippen molar-refractivity contribution in [3.63, 3.8) is 0 Å². The van der Waals surface area contributed by atoms with Gasteiger partial charge in [0.15, 0.2) is 19.8 Å². The number of allylic oxidation sites excluding steroid dienone is 1. The highest BCUT2D eigenvalue weighted by Gasteiger charge is 2.54. The fourth-order valence-electron chi connectivity index (χ4n) is 5.39. The molecule has 3 aliphatic rings. The van der Waals surface area contributed by atoms with Crippen LogP contribution in [-0.2, 0) is 30.0 Å². The number of fused-ring (bicyclic) bond motifs is 2. The number of aromatic nitrogens is 4. The minimum Gasteiger partial charge on any atom is -0.411 e. The van der Waals surface area contributed by atoms with Crippen LogP contribution in [0.15, 0.2) is 24.8 Å². The molecular formula is C26H42N5O4PS2Si. The van der Waals surface area contributed by atoms with E-state index in [1.807, 2.05) is 4.57 Å². The van der Waals surface area contributed by atoms with Crippen LogP contribution in [0.4, 0.5) is 5.82 Å². The van der Waals surface area contributed by atoms with Gasteiger partial charge in [0.1, 0.15) is 24.2 Å². The molecule has 2 N–H and O–H groups in total. The molecule has 0 bridgehead atoms. The van der Waals surface area contributed by atoms with Gasteiger partial charge in [-0.2, -0.15) is 0 Å². The second kappa shape index (κ2) is 10.5. The summed E-state index contributed by atoms with van der Waals surface area (Å²) in [6, 6.07) is 0. The Morgan fingerprint density at radius 1 is 1.33 bits per heavy atom. The Hall–Kier alpha value is -0.853. The Bertz CT molecular complexity index is 1300. The SMILES string of the molecule is C=C(C)[C@@H]1CC[C@]2(C)SP(=S)(OC[C@H]3O[C@@H](n4cnc5c(N)ncnc54)C[C@@H]3O[Si](C)(C)C(C)(C)C)O[C@H]2C1. The van der Waals surface area contributed by atoms with Crippen molar-refractivity contribution in [2.45, 2.75) is 108 Å². The van der Waals surface area contributed by atoms with E-state index in [0.29, 0.717) is 35.9 Å². The molecule has 4 heterocycles. The number of rotatable bonds is 7. The maximum absolute atomic E-state index is 6.91. The Kier molecular flexibility index (Phi) is 7.94. The minimum atomic E-state index is -2.55. The van der Waals surface area contributed by atoms with Gasteiger partial charge in [0.05, 0.1) is 25.1 Å². The van der Waals surface area contributed by atoms with E-state index in [4.69, 9.17) is 35.8 Å². The molecule has 9 nitrogen and oxygen atoms in total. The third-order valence-corrected chi connectivity index (χ3v) is 19.3. The fraction of sp³-hybridized carbons (Fsp3) is 0.731. The third kappa shape index (κ3) is 5.77. The molecule has 1 unspecified atom stereocenters. The molecule has 2 saturated heterocycles. The van der Waals surface area contributed by atoms with E-state index in [1.54, 1.807) is 17.7 Å². The van der Waals surface area contributed by atoms with Gasteiger partial charge in [-0.05, 0) is 69.0 Å². The maximum Gasteiger partial charge on any atom is 0.248 e. The van der Waals surface area contributed by atoms with Gasteiger partial charge in [-0.25, -0.2) is 15.0 Å². The van der Waals surface area contributed by atoms with Crippen LogP contribution in [0.1, 0.15) is 66.5 Å². The first-order chi connectivity index (χ1) is 18.1. The first-order valence-electron chi connectivity index (χ1n) is 13.7. The summed E-state index contributed by atoms with van der Waals surface area (Å²) in [4.78, 5) is 12.9. The molecule has 13 heteroatoms. The predicted octanol–water partition coefficient (Wildman–Crippen LogP) is 6.59. The van der Waals surface area contributed by atoms with E-state index in [9.17, 15) is 0 Å². The number of nitrogens with two attached hydrogens (primary N) is 1. The average molecular weight is 612 g/mol. The highest BCUT2D eigenvalue weighted by molar-refractivity contribution is 8.68. The van der Waals surface area contributed by atoms with Crippen LogP contribution in [0.5, 0.6) is 0 Å². The lowest BCUT2D eigenvalue weighted by atomic mass is 9.77. The lowest BCUT2D eigenvalue weighted by Crippen LogP contribution is -2.46. The number of imidazole rings is 1. The zero-order valence-electron chi connectivity index (χ0n) is 24.0. The smallest absolute Gasteiger partial charge is 0.248 e. The quantitative estimate of drug-likeness (QED) is 0.209. The number of anilines is 1. The van der Waals surface area contributed by atoms with Crippen LogP contribution in [0.25, 0.3) is 11.2 Å². The first kappa shape index (κ1) is 29.6. The summed E-state index contributed by atoms with van der Waals surface area (Å²) in [5.74, 6) is 0.831. The summed E-state index contributed by atoms with van der Waals surface area (Å²) in [7, 11) is -2.09. The average Bonchev–Trinajstić information content (AvgIpc) is 3.49. The highest BCUT2D eigenvalue weighted by atomic mass is 32.9. The second-order valence-corrected chi connectivity index (χ2v) is 24.3. The summed E-state index contributed by atoms with van der Waals surface area (Å²) >= 11 is 7.80. The largest absolute Gasteiger partial charge is 0.411 e. The molecule has 2 aromatic heterocycles. The lowest BCUT2D eigenvalue weighted by Gasteiger charge is -2.39. The molecule has 216 valence electrons. The Morgan fingerprint density at radius 2 is 2.08 bits per heavy atom. The van der Waals surface area contributed by atoms with E-state index < -0.39 is 14.0 Å². The van der Waals surface area contributed by atoms with Crippen LogP contribution in [0, 0.1) is 5.92 Å². The van der Waals surface area contributed by atoms with Gasteiger partial charge < -0.3 is 23.9 Å². The van der Waals surface area contributed by atoms with Crippen molar-refractivity contribution in [3.8, 4) is 0 Å². The maximum atomic E-state index is 6.91. The fourth-order valence-corrected chi connectivity index (χ4v) is 13.9. The van der Waals surface area contributed by atoms with Crippen molar-refractivity contribution in [1.82, 2.24) is 19.5 Å². The number of ether oxygens (including phenoxy) is 1.